The molecule has 0 bridgehead atoms. The number of imidazole rings is 1. The zero-order valence-electron chi connectivity index (χ0n) is 6.92. The number of rotatable bonds is 1. The summed E-state index contributed by atoms with van der Waals surface area (Å²) in [6.07, 6.45) is 4.33. The Morgan fingerprint density at radius 3 is 2.21 bits per heavy atom. The Balaban J connectivity index is 2.57. The summed E-state index contributed by atoms with van der Waals surface area (Å²) >= 11 is 0. The third kappa shape index (κ3) is 1.37. The Labute approximate surface area is 77.6 Å². The zero-order chi connectivity index (χ0) is 10.1. The first-order valence-electron chi connectivity index (χ1n) is 3.81. The van der Waals surface area contributed by atoms with E-state index in [-0.39, 0.29) is 5.69 Å². The van der Waals surface area contributed by atoms with E-state index in [1.807, 2.05) is 0 Å². The molecule has 5 heteroatoms. The van der Waals surface area contributed by atoms with Gasteiger partial charge in [-0.1, -0.05) is 0 Å². The van der Waals surface area contributed by atoms with Gasteiger partial charge in [-0.2, -0.15) is 0 Å². The maximum atomic E-state index is 12.8. The number of hydrogen-bond acceptors (Lipinski definition) is 1. The van der Waals surface area contributed by atoms with Crippen LogP contribution >= 0.6 is 0 Å². The van der Waals surface area contributed by atoms with E-state index in [1.165, 1.54) is 23.3 Å². The molecule has 2 nitrogen and oxygen atoms in total. The fourth-order valence-corrected chi connectivity index (χ4v) is 1.10. The van der Waals surface area contributed by atoms with Crippen molar-refractivity contribution < 1.29 is 13.2 Å². The topological polar surface area (TPSA) is 17.8 Å². The lowest BCUT2D eigenvalue weighted by atomic mass is 10.3. The summed E-state index contributed by atoms with van der Waals surface area (Å²) in [6, 6.07) is 1.81. The Hall–Kier alpha value is -1.78. The van der Waals surface area contributed by atoms with Crippen molar-refractivity contribution in [1.29, 1.82) is 0 Å². The molecule has 14 heavy (non-hydrogen) atoms. The Morgan fingerprint density at radius 2 is 1.71 bits per heavy atom. The summed E-state index contributed by atoms with van der Waals surface area (Å²) in [5, 5.41) is 0. The standard InChI is InChI=1S/C9H5F3N2/c10-7-3-6(4-8(11)9(7)12)14-2-1-13-5-14/h1-5H. The average Bonchev–Trinajstić information content (AvgIpc) is 2.66. The van der Waals surface area contributed by atoms with Crippen LogP contribution in [-0.4, -0.2) is 9.55 Å². The maximum Gasteiger partial charge on any atom is 0.194 e. The van der Waals surface area contributed by atoms with Gasteiger partial charge in [-0.15, -0.1) is 0 Å². The molecule has 0 radical (unpaired) electrons. The first kappa shape index (κ1) is 8.80. The molecule has 0 aliphatic carbocycles. The molecule has 2 aromatic rings. The van der Waals surface area contributed by atoms with Gasteiger partial charge in [0.2, 0.25) is 0 Å². The van der Waals surface area contributed by atoms with Crippen LogP contribution in [0.2, 0.25) is 0 Å². The highest BCUT2D eigenvalue weighted by Crippen LogP contribution is 2.16. The van der Waals surface area contributed by atoms with E-state index in [4.69, 9.17) is 0 Å². The molecule has 2 rings (SSSR count). The Bertz CT molecular complexity index is 428. The second-order valence-electron chi connectivity index (χ2n) is 2.69. The lowest BCUT2D eigenvalue weighted by molar-refractivity contribution is 0.446. The highest BCUT2D eigenvalue weighted by atomic mass is 19.2. The predicted molar refractivity (Wildman–Crippen MR) is 43.4 cm³/mol. The molecule has 0 saturated heterocycles. The van der Waals surface area contributed by atoms with Gasteiger partial charge in [0, 0.05) is 24.5 Å². The summed E-state index contributed by atoms with van der Waals surface area (Å²) in [5.74, 6) is -3.89. The van der Waals surface area contributed by atoms with Gasteiger partial charge in [-0.25, -0.2) is 18.2 Å². The third-order valence-corrected chi connectivity index (χ3v) is 1.77. The van der Waals surface area contributed by atoms with Crippen LogP contribution in [0.4, 0.5) is 13.2 Å². The van der Waals surface area contributed by atoms with E-state index in [1.54, 1.807) is 0 Å². The van der Waals surface area contributed by atoms with Crippen molar-refractivity contribution in [2.75, 3.05) is 0 Å². The van der Waals surface area contributed by atoms with E-state index < -0.39 is 17.5 Å². The third-order valence-electron chi connectivity index (χ3n) is 1.77. The van der Waals surface area contributed by atoms with Crippen LogP contribution in [0.3, 0.4) is 0 Å². The molecule has 0 N–H and O–H groups in total. The molecular formula is C9H5F3N2. The van der Waals surface area contributed by atoms with Crippen LogP contribution in [-0.2, 0) is 0 Å². The number of halogens is 3. The minimum absolute atomic E-state index is 0.193. The van der Waals surface area contributed by atoms with Crippen molar-refractivity contribution in [2.24, 2.45) is 0 Å². The summed E-state index contributed by atoms with van der Waals surface area (Å²) in [5.41, 5.74) is 0.193. The van der Waals surface area contributed by atoms with Crippen molar-refractivity contribution in [3.63, 3.8) is 0 Å². The summed E-state index contributed by atoms with van der Waals surface area (Å²) < 4.78 is 39.5. The van der Waals surface area contributed by atoms with Gasteiger partial charge in [0.05, 0.1) is 12.0 Å². The fraction of sp³-hybridized carbons (Fsp3) is 0. The van der Waals surface area contributed by atoms with E-state index >= 15 is 0 Å². The quantitative estimate of drug-likeness (QED) is 0.643. The van der Waals surface area contributed by atoms with Crippen LogP contribution in [0.25, 0.3) is 5.69 Å². The lowest BCUT2D eigenvalue weighted by Gasteiger charge is -2.03. The molecule has 0 fully saturated rings. The summed E-state index contributed by atoms with van der Waals surface area (Å²) in [7, 11) is 0. The largest absolute Gasteiger partial charge is 0.306 e. The van der Waals surface area contributed by atoms with Gasteiger partial charge in [-0.3, -0.25) is 0 Å². The number of hydrogen-bond donors (Lipinski definition) is 0. The van der Waals surface area contributed by atoms with Gasteiger partial charge in [-0.05, 0) is 0 Å². The number of nitrogens with zero attached hydrogens (tertiary/aromatic N) is 2. The molecule has 0 atom stereocenters. The van der Waals surface area contributed by atoms with E-state index in [2.05, 4.69) is 4.98 Å². The van der Waals surface area contributed by atoms with Gasteiger partial charge >= 0.3 is 0 Å². The molecule has 1 heterocycles. The smallest absolute Gasteiger partial charge is 0.194 e. The van der Waals surface area contributed by atoms with Gasteiger partial charge in [0.25, 0.3) is 0 Å². The average molecular weight is 198 g/mol. The van der Waals surface area contributed by atoms with Gasteiger partial charge < -0.3 is 4.57 Å². The van der Waals surface area contributed by atoms with Crippen LogP contribution in [0.15, 0.2) is 30.9 Å². The number of aromatic nitrogens is 2. The van der Waals surface area contributed by atoms with Gasteiger partial charge in [0.1, 0.15) is 0 Å². The van der Waals surface area contributed by atoms with Crippen LogP contribution in [0.5, 0.6) is 0 Å². The minimum Gasteiger partial charge on any atom is -0.306 e. The predicted octanol–water partition coefficient (Wildman–Crippen LogP) is 2.29. The molecule has 0 saturated carbocycles. The Kier molecular flexibility index (Phi) is 1.99. The van der Waals surface area contributed by atoms with Gasteiger partial charge in [0.15, 0.2) is 17.5 Å². The highest BCUT2D eigenvalue weighted by molar-refractivity contribution is 5.33. The number of benzene rings is 1. The molecule has 0 aliphatic rings. The van der Waals surface area contributed by atoms with Crippen molar-refractivity contribution in [3.8, 4) is 5.69 Å². The first-order valence-corrected chi connectivity index (χ1v) is 3.81. The molecule has 0 spiro atoms. The zero-order valence-corrected chi connectivity index (χ0v) is 6.92. The highest BCUT2D eigenvalue weighted by Gasteiger charge is 2.10. The second kappa shape index (κ2) is 3.17. The molecule has 1 aromatic heterocycles. The fourth-order valence-electron chi connectivity index (χ4n) is 1.10. The molecule has 1 aromatic carbocycles. The van der Waals surface area contributed by atoms with E-state index in [0.717, 1.165) is 12.1 Å². The van der Waals surface area contributed by atoms with E-state index in [0.29, 0.717) is 0 Å². The summed E-state index contributed by atoms with van der Waals surface area (Å²) in [6.45, 7) is 0. The summed E-state index contributed by atoms with van der Waals surface area (Å²) in [4.78, 5) is 3.70. The second-order valence-corrected chi connectivity index (χ2v) is 2.69. The first-order chi connectivity index (χ1) is 6.68. The molecular weight excluding hydrogens is 193 g/mol. The molecule has 0 aliphatic heterocycles. The lowest BCUT2D eigenvalue weighted by Crippen LogP contribution is -1.96. The monoisotopic (exact) mass is 198 g/mol. The molecule has 0 unspecified atom stereocenters. The normalized spacial score (nSPS) is 10.5. The molecule has 72 valence electrons. The van der Waals surface area contributed by atoms with Crippen molar-refractivity contribution in [2.45, 2.75) is 0 Å². The van der Waals surface area contributed by atoms with Crippen molar-refractivity contribution >= 4 is 0 Å². The van der Waals surface area contributed by atoms with Crippen molar-refractivity contribution in [3.05, 3.63) is 48.3 Å². The van der Waals surface area contributed by atoms with Crippen LogP contribution < -0.4 is 0 Å². The van der Waals surface area contributed by atoms with Crippen molar-refractivity contribution in [1.82, 2.24) is 9.55 Å². The van der Waals surface area contributed by atoms with Crippen LogP contribution in [0.1, 0.15) is 0 Å². The van der Waals surface area contributed by atoms with Crippen LogP contribution in [0, 0.1) is 17.5 Å². The molecule has 0 amide bonds. The van der Waals surface area contributed by atoms with E-state index in [9.17, 15) is 13.2 Å². The minimum atomic E-state index is -1.46. The Morgan fingerprint density at radius 1 is 1.07 bits per heavy atom. The maximum absolute atomic E-state index is 12.8. The SMILES string of the molecule is Fc1cc(-n2ccnc2)cc(F)c1F.